The van der Waals surface area contributed by atoms with E-state index in [9.17, 15) is 14.4 Å². The maximum Gasteiger partial charge on any atom is 0.306 e. The Hall–Kier alpha value is -4.71. The Morgan fingerprint density at radius 2 is 0.494 bits per heavy atom. The molecule has 81 heavy (non-hydrogen) atoms. The van der Waals surface area contributed by atoms with Gasteiger partial charge in [0.25, 0.3) is 0 Å². The maximum atomic E-state index is 12.9. The summed E-state index contributed by atoms with van der Waals surface area (Å²) in [6, 6.07) is 0. The number of carbonyl (C=O) groups is 3. The van der Waals surface area contributed by atoms with E-state index in [0.717, 1.165) is 135 Å². The van der Waals surface area contributed by atoms with Crippen LogP contribution in [0.2, 0.25) is 0 Å². The molecule has 0 aromatic heterocycles. The molecule has 0 aliphatic carbocycles. The van der Waals surface area contributed by atoms with E-state index < -0.39 is 6.10 Å². The molecule has 0 fully saturated rings. The molecule has 6 heteroatoms. The molecule has 0 amide bonds. The molecule has 6 nitrogen and oxygen atoms in total. The van der Waals surface area contributed by atoms with E-state index >= 15 is 0 Å². The van der Waals surface area contributed by atoms with Crippen molar-refractivity contribution in [1.82, 2.24) is 0 Å². The number of hydrogen-bond donors (Lipinski definition) is 0. The third kappa shape index (κ3) is 66.0. The zero-order valence-electron chi connectivity index (χ0n) is 52.5. The van der Waals surface area contributed by atoms with E-state index in [-0.39, 0.29) is 37.5 Å². The van der Waals surface area contributed by atoms with Gasteiger partial charge >= 0.3 is 17.9 Å². The van der Waals surface area contributed by atoms with E-state index in [4.69, 9.17) is 14.2 Å². The van der Waals surface area contributed by atoms with E-state index in [1.807, 2.05) is 0 Å². The molecule has 0 radical (unpaired) electrons. The maximum absolute atomic E-state index is 12.9. The first kappa shape index (κ1) is 76.3. The van der Waals surface area contributed by atoms with Crippen LogP contribution in [0.3, 0.4) is 0 Å². The first-order valence-corrected chi connectivity index (χ1v) is 33.3. The number of esters is 3. The summed E-state index contributed by atoms with van der Waals surface area (Å²) < 4.78 is 16.9. The fourth-order valence-electron chi connectivity index (χ4n) is 8.89. The van der Waals surface area contributed by atoms with E-state index in [0.29, 0.717) is 19.3 Å². The van der Waals surface area contributed by atoms with Gasteiger partial charge in [-0.15, -0.1) is 0 Å². The molecule has 0 bridgehead atoms. The van der Waals surface area contributed by atoms with Crippen LogP contribution in [0.15, 0.2) is 146 Å². The summed E-state index contributed by atoms with van der Waals surface area (Å²) in [6.45, 7) is 6.35. The molecule has 0 aromatic rings. The standard InChI is InChI=1S/C75H122O6/c1-4-7-10-13-16-19-22-25-28-30-32-34-36-37-39-40-42-44-47-50-53-56-59-62-65-68-74(77)80-71-72(70-79-73(76)67-64-61-58-55-52-49-46-27-24-21-18-15-12-9-6-3)81-75(78)69-66-63-60-57-54-51-48-45-43-41-38-35-33-31-29-26-23-20-17-14-11-8-5-2/h8-9,11-12,17-18,20-22,25-27,29-30,32-33,35,41,43,46,48,51,57,60,72H,4-7,10,13-16,19,23-24,28,31,34,36-40,42,44-45,47,49-50,52-56,58-59,61-71H2,1-3H3/b11-8-,12-9-,20-17-,21-18-,25-22-,29-26-,32-30-,35-33-,43-41-,46-27-,51-48-,60-57-. The molecule has 0 rings (SSSR count). The highest BCUT2D eigenvalue weighted by molar-refractivity contribution is 5.71. The second-order valence-electron chi connectivity index (χ2n) is 21.6. The van der Waals surface area contributed by atoms with Gasteiger partial charge in [0.15, 0.2) is 6.10 Å². The third-order valence-corrected chi connectivity index (χ3v) is 13.8. The molecule has 1 atom stereocenters. The molecular formula is C75H122O6. The van der Waals surface area contributed by atoms with Crippen LogP contribution in [0.5, 0.6) is 0 Å². The van der Waals surface area contributed by atoms with Gasteiger partial charge in [-0.25, -0.2) is 0 Å². The lowest BCUT2D eigenvalue weighted by molar-refractivity contribution is -0.167. The van der Waals surface area contributed by atoms with Crippen LogP contribution in [-0.4, -0.2) is 37.2 Å². The van der Waals surface area contributed by atoms with Crippen molar-refractivity contribution in [1.29, 1.82) is 0 Å². The van der Waals surface area contributed by atoms with Crippen LogP contribution in [0.1, 0.15) is 290 Å². The van der Waals surface area contributed by atoms with Crippen molar-refractivity contribution in [2.75, 3.05) is 13.2 Å². The monoisotopic (exact) mass is 1120 g/mol. The fraction of sp³-hybridized carbons (Fsp3) is 0.640. The summed E-state index contributed by atoms with van der Waals surface area (Å²) >= 11 is 0. The average molecular weight is 1120 g/mol. The number of allylic oxidation sites excluding steroid dienone is 24. The van der Waals surface area contributed by atoms with Crippen molar-refractivity contribution in [3.05, 3.63) is 146 Å². The summed E-state index contributed by atoms with van der Waals surface area (Å²) in [5.41, 5.74) is 0. The molecular weight excluding hydrogens is 997 g/mol. The summed E-state index contributed by atoms with van der Waals surface area (Å²) in [5.74, 6) is -0.988. The Kier molecular flexibility index (Phi) is 63.9. The molecule has 0 saturated heterocycles. The predicted octanol–water partition coefficient (Wildman–Crippen LogP) is 23.1. The van der Waals surface area contributed by atoms with Crippen LogP contribution in [-0.2, 0) is 28.6 Å². The zero-order valence-corrected chi connectivity index (χ0v) is 52.5. The second kappa shape index (κ2) is 67.8. The minimum Gasteiger partial charge on any atom is -0.462 e. The van der Waals surface area contributed by atoms with E-state index in [1.165, 1.54) is 109 Å². The first-order chi connectivity index (χ1) is 40.0. The quantitative estimate of drug-likeness (QED) is 0.0261. The molecule has 0 saturated carbocycles. The number of rotatable bonds is 59. The van der Waals surface area contributed by atoms with E-state index in [2.05, 4.69) is 167 Å². The predicted molar refractivity (Wildman–Crippen MR) is 352 cm³/mol. The first-order valence-electron chi connectivity index (χ1n) is 33.3. The molecule has 1 unspecified atom stereocenters. The highest BCUT2D eigenvalue weighted by Gasteiger charge is 2.19. The van der Waals surface area contributed by atoms with Gasteiger partial charge in [-0.3, -0.25) is 14.4 Å². The fourth-order valence-corrected chi connectivity index (χ4v) is 8.89. The van der Waals surface area contributed by atoms with Gasteiger partial charge in [0.05, 0.1) is 0 Å². The summed E-state index contributed by atoms with van der Waals surface area (Å²) in [5, 5.41) is 0. The third-order valence-electron chi connectivity index (χ3n) is 13.8. The topological polar surface area (TPSA) is 78.9 Å². The number of hydrogen-bond acceptors (Lipinski definition) is 6. The molecule has 0 aromatic carbocycles. The van der Waals surface area contributed by atoms with Crippen molar-refractivity contribution in [3.63, 3.8) is 0 Å². The highest BCUT2D eigenvalue weighted by Crippen LogP contribution is 2.15. The minimum atomic E-state index is -0.824. The van der Waals surface area contributed by atoms with Crippen LogP contribution in [0.25, 0.3) is 0 Å². The highest BCUT2D eigenvalue weighted by atomic mass is 16.6. The zero-order chi connectivity index (χ0) is 58.5. The lowest BCUT2D eigenvalue weighted by atomic mass is 10.0. The van der Waals surface area contributed by atoms with Gasteiger partial charge in [-0.05, 0) is 135 Å². The molecule has 458 valence electrons. The molecule has 0 spiro atoms. The van der Waals surface area contributed by atoms with Crippen LogP contribution in [0, 0.1) is 0 Å². The molecule has 0 aliphatic heterocycles. The van der Waals surface area contributed by atoms with Crippen molar-refractivity contribution < 1.29 is 28.6 Å². The van der Waals surface area contributed by atoms with Gasteiger partial charge in [0, 0.05) is 19.3 Å². The molecule has 0 heterocycles. The number of ether oxygens (including phenoxy) is 3. The number of unbranched alkanes of at least 4 members (excludes halogenated alkanes) is 24. The summed E-state index contributed by atoms with van der Waals surface area (Å²) in [4.78, 5) is 38.4. The Balaban J connectivity index is 4.46. The average Bonchev–Trinajstić information content (AvgIpc) is 3.47. The van der Waals surface area contributed by atoms with Gasteiger partial charge in [-0.2, -0.15) is 0 Å². The largest absolute Gasteiger partial charge is 0.462 e. The normalized spacial score (nSPS) is 13.1. The Labute approximate surface area is 499 Å². The SMILES string of the molecule is CC/C=C\C/C=C\C/C=C\C/C=C\C/C=C\C/C=C\C/C=C\CCCC(=O)OC(COC(=O)CCCCCCC/C=C\C/C=C\C/C=C\CC)COC(=O)CCCCCCCCCCCCCCC/C=C\C/C=C\CCCCCCC. The summed E-state index contributed by atoms with van der Waals surface area (Å²) in [6.07, 6.45) is 97.2. The van der Waals surface area contributed by atoms with Crippen molar-refractivity contribution >= 4 is 17.9 Å². The lowest BCUT2D eigenvalue weighted by Crippen LogP contribution is -2.30. The van der Waals surface area contributed by atoms with Crippen LogP contribution in [0.4, 0.5) is 0 Å². The number of carbonyl (C=O) groups excluding carboxylic acids is 3. The van der Waals surface area contributed by atoms with E-state index in [1.54, 1.807) is 0 Å². The Bertz CT molecular complexity index is 1760. The van der Waals surface area contributed by atoms with Crippen LogP contribution < -0.4 is 0 Å². The molecule has 0 N–H and O–H groups in total. The van der Waals surface area contributed by atoms with Gasteiger partial charge in [0.1, 0.15) is 13.2 Å². The van der Waals surface area contributed by atoms with Crippen molar-refractivity contribution in [2.45, 2.75) is 297 Å². The van der Waals surface area contributed by atoms with Gasteiger partial charge in [0.2, 0.25) is 0 Å². The second-order valence-corrected chi connectivity index (χ2v) is 21.6. The van der Waals surface area contributed by atoms with Crippen molar-refractivity contribution in [3.8, 4) is 0 Å². The smallest absolute Gasteiger partial charge is 0.306 e. The van der Waals surface area contributed by atoms with Gasteiger partial charge in [-0.1, -0.05) is 282 Å². The minimum absolute atomic E-state index is 0.112. The lowest BCUT2D eigenvalue weighted by Gasteiger charge is -2.18. The summed E-state index contributed by atoms with van der Waals surface area (Å²) in [7, 11) is 0. The van der Waals surface area contributed by atoms with Crippen LogP contribution >= 0.6 is 0 Å². The molecule has 0 aliphatic rings. The van der Waals surface area contributed by atoms with Gasteiger partial charge < -0.3 is 14.2 Å². The Morgan fingerprint density at radius 1 is 0.259 bits per heavy atom. The Morgan fingerprint density at radius 3 is 0.790 bits per heavy atom. The van der Waals surface area contributed by atoms with Crippen molar-refractivity contribution in [2.24, 2.45) is 0 Å².